The molecule has 6 nitrogen and oxygen atoms in total. The number of benzene rings is 2. The van der Waals surface area contributed by atoms with Crippen LogP contribution in [0.2, 0.25) is 5.02 Å². The summed E-state index contributed by atoms with van der Waals surface area (Å²) in [5.41, 5.74) is 3.74. The van der Waals surface area contributed by atoms with Crippen molar-refractivity contribution in [3.63, 3.8) is 0 Å². The van der Waals surface area contributed by atoms with E-state index in [2.05, 4.69) is 15.8 Å². The zero-order chi connectivity index (χ0) is 16.8. The van der Waals surface area contributed by atoms with E-state index in [4.69, 9.17) is 11.6 Å². The van der Waals surface area contributed by atoms with Gasteiger partial charge in [0.25, 0.3) is 5.91 Å². The lowest BCUT2D eigenvalue weighted by atomic mass is 10.2. The van der Waals surface area contributed by atoms with Gasteiger partial charge in [0, 0.05) is 17.6 Å². The van der Waals surface area contributed by atoms with Crippen LogP contribution in [-0.2, 0) is 4.79 Å². The third kappa shape index (κ3) is 4.82. The van der Waals surface area contributed by atoms with Crippen molar-refractivity contribution in [3.8, 4) is 5.75 Å². The minimum atomic E-state index is -0.573. The number of nitrogens with zero attached hydrogens (tertiary/aromatic N) is 1. The monoisotopic (exact) mass is 331 g/mol. The normalized spacial score (nSPS) is 10.5. The summed E-state index contributed by atoms with van der Waals surface area (Å²) in [5.74, 6) is -0.905. The molecule has 2 amide bonds. The van der Waals surface area contributed by atoms with Crippen LogP contribution in [0.3, 0.4) is 0 Å². The maximum atomic E-state index is 11.9. The number of hydrazone groups is 1. The van der Waals surface area contributed by atoms with Gasteiger partial charge >= 0.3 is 0 Å². The SMILES string of the molecule is CC(=O)Nc1ccc(/C=N/NC(=O)c2cc(Cl)ccc2O)cc1. The number of phenolic OH excluding ortho intramolecular Hbond substituents is 1. The van der Waals surface area contributed by atoms with Crippen molar-refractivity contribution in [1.82, 2.24) is 5.43 Å². The van der Waals surface area contributed by atoms with Crippen molar-refractivity contribution in [2.24, 2.45) is 5.10 Å². The van der Waals surface area contributed by atoms with Crippen molar-refractivity contribution in [2.45, 2.75) is 6.92 Å². The number of aromatic hydroxyl groups is 1. The number of carbonyl (C=O) groups is 2. The van der Waals surface area contributed by atoms with E-state index in [1.54, 1.807) is 24.3 Å². The van der Waals surface area contributed by atoms with E-state index in [9.17, 15) is 14.7 Å². The van der Waals surface area contributed by atoms with Crippen LogP contribution in [0.1, 0.15) is 22.8 Å². The summed E-state index contributed by atoms with van der Waals surface area (Å²) in [4.78, 5) is 22.8. The van der Waals surface area contributed by atoms with Gasteiger partial charge in [0.2, 0.25) is 5.91 Å². The smallest absolute Gasteiger partial charge is 0.275 e. The Morgan fingerprint density at radius 2 is 1.87 bits per heavy atom. The molecule has 2 aromatic carbocycles. The number of nitrogens with one attached hydrogen (secondary N) is 2. The summed E-state index contributed by atoms with van der Waals surface area (Å²) in [7, 11) is 0. The first kappa shape index (κ1) is 16.5. The van der Waals surface area contributed by atoms with Gasteiger partial charge in [0.05, 0.1) is 11.8 Å². The minimum absolute atomic E-state index is 0.0376. The van der Waals surface area contributed by atoms with Gasteiger partial charge in [-0.1, -0.05) is 23.7 Å². The third-order valence-electron chi connectivity index (χ3n) is 2.81. The van der Waals surface area contributed by atoms with Crippen LogP contribution < -0.4 is 10.7 Å². The zero-order valence-electron chi connectivity index (χ0n) is 12.2. The van der Waals surface area contributed by atoms with Crippen LogP contribution in [0.5, 0.6) is 5.75 Å². The fourth-order valence-electron chi connectivity index (χ4n) is 1.77. The first-order valence-corrected chi connectivity index (χ1v) is 7.03. The van der Waals surface area contributed by atoms with Gasteiger partial charge in [0.1, 0.15) is 5.75 Å². The van der Waals surface area contributed by atoms with Gasteiger partial charge in [-0.2, -0.15) is 5.10 Å². The quantitative estimate of drug-likeness (QED) is 0.594. The number of hydrogen-bond acceptors (Lipinski definition) is 4. The lowest BCUT2D eigenvalue weighted by molar-refractivity contribution is -0.114. The van der Waals surface area contributed by atoms with Gasteiger partial charge in [0.15, 0.2) is 0 Å². The topological polar surface area (TPSA) is 90.8 Å². The number of amides is 2. The predicted octanol–water partition coefficient (Wildman–Crippen LogP) is 2.77. The maximum Gasteiger partial charge on any atom is 0.275 e. The summed E-state index contributed by atoms with van der Waals surface area (Å²) in [6, 6.07) is 11.1. The van der Waals surface area contributed by atoms with Crippen LogP contribution in [0.25, 0.3) is 0 Å². The van der Waals surface area contributed by atoms with Crippen molar-refractivity contribution >= 4 is 35.3 Å². The van der Waals surface area contributed by atoms with E-state index in [1.165, 1.54) is 31.3 Å². The molecule has 0 spiro atoms. The van der Waals surface area contributed by atoms with E-state index in [1.807, 2.05) is 0 Å². The van der Waals surface area contributed by atoms with Crippen LogP contribution in [-0.4, -0.2) is 23.1 Å². The Morgan fingerprint density at radius 3 is 2.52 bits per heavy atom. The van der Waals surface area contributed by atoms with Crippen LogP contribution in [0.4, 0.5) is 5.69 Å². The number of phenols is 1. The Hall–Kier alpha value is -2.86. The van der Waals surface area contributed by atoms with Crippen molar-refractivity contribution in [2.75, 3.05) is 5.32 Å². The number of carbonyl (C=O) groups excluding carboxylic acids is 2. The van der Waals surface area contributed by atoms with E-state index >= 15 is 0 Å². The summed E-state index contributed by atoms with van der Waals surface area (Å²) in [6.45, 7) is 1.43. The Balaban J connectivity index is 1.99. The molecule has 0 aliphatic heterocycles. The second-order valence-electron chi connectivity index (χ2n) is 4.66. The molecule has 2 aromatic rings. The lowest BCUT2D eigenvalue weighted by Gasteiger charge is -2.03. The predicted molar refractivity (Wildman–Crippen MR) is 88.9 cm³/mol. The van der Waals surface area contributed by atoms with Gasteiger partial charge in [-0.05, 0) is 35.9 Å². The first-order chi connectivity index (χ1) is 11.0. The molecule has 2 rings (SSSR count). The van der Waals surface area contributed by atoms with Crippen LogP contribution >= 0.6 is 11.6 Å². The molecule has 0 aliphatic carbocycles. The molecular weight excluding hydrogens is 318 g/mol. The second kappa shape index (κ2) is 7.42. The third-order valence-corrected chi connectivity index (χ3v) is 3.05. The fourth-order valence-corrected chi connectivity index (χ4v) is 1.94. The Bertz CT molecular complexity index is 758. The van der Waals surface area contributed by atoms with E-state index in [0.717, 1.165) is 5.56 Å². The first-order valence-electron chi connectivity index (χ1n) is 6.65. The zero-order valence-corrected chi connectivity index (χ0v) is 13.0. The van der Waals surface area contributed by atoms with Crippen LogP contribution in [0.15, 0.2) is 47.6 Å². The molecule has 3 N–H and O–H groups in total. The molecule has 0 saturated heterocycles. The molecule has 7 heteroatoms. The minimum Gasteiger partial charge on any atom is -0.507 e. The number of anilines is 1. The largest absolute Gasteiger partial charge is 0.507 e. The Labute approximate surface area is 137 Å². The second-order valence-corrected chi connectivity index (χ2v) is 5.10. The van der Waals surface area contributed by atoms with Crippen molar-refractivity contribution in [1.29, 1.82) is 0 Å². The summed E-state index contributed by atoms with van der Waals surface area (Å²) in [6.07, 6.45) is 1.44. The molecule has 0 bridgehead atoms. The van der Waals surface area contributed by atoms with Gasteiger partial charge in [-0.25, -0.2) is 5.43 Å². The van der Waals surface area contributed by atoms with E-state index in [0.29, 0.717) is 10.7 Å². The summed E-state index contributed by atoms with van der Waals surface area (Å²) < 4.78 is 0. The van der Waals surface area contributed by atoms with Crippen LogP contribution in [0, 0.1) is 0 Å². The highest BCUT2D eigenvalue weighted by Crippen LogP contribution is 2.21. The fraction of sp³-hybridized carbons (Fsp3) is 0.0625. The number of rotatable bonds is 4. The molecule has 118 valence electrons. The lowest BCUT2D eigenvalue weighted by Crippen LogP contribution is -2.17. The number of halogens is 1. The number of hydrogen-bond donors (Lipinski definition) is 3. The maximum absolute atomic E-state index is 11.9. The van der Waals surface area contributed by atoms with Gasteiger partial charge < -0.3 is 10.4 Å². The molecule has 0 radical (unpaired) electrons. The standard InChI is InChI=1S/C16H14ClN3O3/c1-10(21)19-13-5-2-11(3-6-13)9-18-20-16(23)14-8-12(17)4-7-15(14)22/h2-9,22H,1H3,(H,19,21)(H,20,23)/b18-9+. The highest BCUT2D eigenvalue weighted by molar-refractivity contribution is 6.31. The molecule has 0 aliphatic rings. The van der Waals surface area contributed by atoms with Crippen molar-refractivity contribution < 1.29 is 14.7 Å². The van der Waals surface area contributed by atoms with Crippen molar-refractivity contribution in [3.05, 3.63) is 58.6 Å². The molecule has 0 heterocycles. The molecule has 0 unspecified atom stereocenters. The molecule has 0 fully saturated rings. The summed E-state index contributed by atoms with van der Waals surface area (Å²) >= 11 is 5.78. The molecule has 0 aromatic heterocycles. The van der Waals surface area contributed by atoms with Gasteiger partial charge in [-0.3, -0.25) is 9.59 Å². The summed E-state index contributed by atoms with van der Waals surface area (Å²) in [5, 5.41) is 16.4. The molecule has 23 heavy (non-hydrogen) atoms. The molecular formula is C16H14ClN3O3. The van der Waals surface area contributed by atoms with Gasteiger partial charge in [-0.15, -0.1) is 0 Å². The Kier molecular flexibility index (Phi) is 5.32. The average Bonchev–Trinajstić information content (AvgIpc) is 2.51. The molecule has 0 atom stereocenters. The van der Waals surface area contributed by atoms with E-state index < -0.39 is 5.91 Å². The molecule has 0 saturated carbocycles. The highest BCUT2D eigenvalue weighted by Gasteiger charge is 2.10. The average molecular weight is 332 g/mol. The highest BCUT2D eigenvalue weighted by atomic mass is 35.5. The van der Waals surface area contributed by atoms with E-state index in [-0.39, 0.29) is 17.2 Å². The Morgan fingerprint density at radius 1 is 1.17 bits per heavy atom.